The van der Waals surface area contributed by atoms with Crippen molar-refractivity contribution in [2.75, 3.05) is 17.2 Å². The van der Waals surface area contributed by atoms with Gasteiger partial charge in [-0.2, -0.15) is 5.10 Å². The van der Waals surface area contributed by atoms with Crippen LogP contribution < -0.4 is 10.6 Å². The van der Waals surface area contributed by atoms with E-state index >= 15 is 0 Å². The molecule has 154 valence electrons. The van der Waals surface area contributed by atoms with Crippen LogP contribution >= 0.6 is 22.9 Å². The molecule has 4 aromatic rings. The number of aromatic nitrogens is 5. The molecule has 0 aliphatic heterocycles. The number of nitrogens with one attached hydrogen (secondary N) is 3. The molecule has 4 rings (SSSR count). The van der Waals surface area contributed by atoms with Crippen molar-refractivity contribution in [1.82, 2.24) is 25.4 Å². The van der Waals surface area contributed by atoms with Crippen LogP contribution in [0.15, 0.2) is 36.7 Å². The summed E-state index contributed by atoms with van der Waals surface area (Å²) in [5.41, 5.74) is 2.33. The highest BCUT2D eigenvalue weighted by molar-refractivity contribution is 7.18. The van der Waals surface area contributed by atoms with E-state index in [0.29, 0.717) is 33.3 Å². The summed E-state index contributed by atoms with van der Waals surface area (Å²) in [4.78, 5) is 16.0. The van der Waals surface area contributed by atoms with Gasteiger partial charge >= 0.3 is 6.09 Å². The third-order valence-corrected chi connectivity index (χ3v) is 5.30. The maximum Gasteiger partial charge on any atom is 0.412 e. The van der Waals surface area contributed by atoms with Crippen molar-refractivity contribution in [2.24, 2.45) is 5.92 Å². The number of nitrogens with zero attached hydrogens (tertiary/aromatic N) is 4. The minimum atomic E-state index is -0.544. The highest BCUT2D eigenvalue weighted by Crippen LogP contribution is 2.34. The number of aromatic amines is 1. The fourth-order valence-electron chi connectivity index (χ4n) is 2.60. The molecule has 3 N–H and O–H groups in total. The van der Waals surface area contributed by atoms with Gasteiger partial charge in [-0.1, -0.05) is 36.8 Å². The standard InChI is InChI=1S/C19H18ClN7O2S/c1-10(2)9-29-19(28)24-15-7-11(5-6-21-15)17-26-27-18(30-17)23-14-4-3-13-12(16(14)20)8-22-25-13/h3-8,10H,9H2,1-2H3,(H,22,25)(H,23,27)(H,21,24,28). The molecule has 0 aliphatic rings. The van der Waals surface area contributed by atoms with Crippen LogP contribution in [0, 0.1) is 5.92 Å². The molecule has 3 heterocycles. The van der Waals surface area contributed by atoms with Gasteiger partial charge in [0, 0.05) is 17.1 Å². The second-order valence-electron chi connectivity index (χ2n) is 6.84. The number of fused-ring (bicyclic) bond motifs is 1. The second kappa shape index (κ2) is 8.64. The number of anilines is 3. The Hall–Kier alpha value is -3.24. The van der Waals surface area contributed by atoms with Gasteiger partial charge in [0.15, 0.2) is 0 Å². The lowest BCUT2D eigenvalue weighted by atomic mass is 10.2. The van der Waals surface area contributed by atoms with Gasteiger partial charge in [-0.3, -0.25) is 10.4 Å². The molecular weight excluding hydrogens is 426 g/mol. The molecule has 0 spiro atoms. The number of amides is 1. The molecule has 1 amide bonds. The summed E-state index contributed by atoms with van der Waals surface area (Å²) in [6, 6.07) is 7.24. The highest BCUT2D eigenvalue weighted by Gasteiger charge is 2.13. The molecule has 0 bridgehead atoms. The smallest absolute Gasteiger partial charge is 0.412 e. The number of hydrogen-bond acceptors (Lipinski definition) is 8. The predicted molar refractivity (Wildman–Crippen MR) is 117 cm³/mol. The van der Waals surface area contributed by atoms with Gasteiger partial charge in [0.05, 0.1) is 29.0 Å². The second-order valence-corrected chi connectivity index (χ2v) is 8.20. The normalized spacial score (nSPS) is 11.1. The lowest BCUT2D eigenvalue weighted by molar-refractivity contribution is 0.147. The van der Waals surface area contributed by atoms with Crippen molar-refractivity contribution in [3.05, 3.63) is 41.7 Å². The maximum absolute atomic E-state index is 11.8. The average Bonchev–Trinajstić information content (AvgIpc) is 3.39. The Balaban J connectivity index is 1.48. The minimum absolute atomic E-state index is 0.255. The van der Waals surface area contributed by atoms with E-state index < -0.39 is 6.09 Å². The van der Waals surface area contributed by atoms with Crippen molar-refractivity contribution < 1.29 is 9.53 Å². The predicted octanol–water partition coefficient (Wildman–Crippen LogP) is 5.08. The fourth-order valence-corrected chi connectivity index (χ4v) is 3.61. The zero-order valence-electron chi connectivity index (χ0n) is 16.1. The molecule has 0 saturated carbocycles. The van der Waals surface area contributed by atoms with Gasteiger partial charge in [-0.15, -0.1) is 10.2 Å². The van der Waals surface area contributed by atoms with E-state index in [2.05, 4.69) is 36.0 Å². The first-order chi connectivity index (χ1) is 14.5. The highest BCUT2D eigenvalue weighted by atomic mass is 35.5. The van der Waals surface area contributed by atoms with Gasteiger partial charge in [-0.25, -0.2) is 9.78 Å². The molecule has 3 aromatic heterocycles. The van der Waals surface area contributed by atoms with Crippen LogP contribution in [0.25, 0.3) is 21.5 Å². The number of ether oxygens (including phenoxy) is 1. The first-order valence-corrected chi connectivity index (χ1v) is 10.3. The monoisotopic (exact) mass is 443 g/mol. The van der Waals surface area contributed by atoms with Crippen LogP contribution in [0.1, 0.15) is 13.8 Å². The van der Waals surface area contributed by atoms with Crippen LogP contribution in [0.5, 0.6) is 0 Å². The lowest BCUT2D eigenvalue weighted by Crippen LogP contribution is -2.17. The number of benzene rings is 1. The number of halogens is 1. The number of pyridine rings is 1. The van der Waals surface area contributed by atoms with Crippen molar-refractivity contribution in [3.63, 3.8) is 0 Å². The molecule has 0 atom stereocenters. The summed E-state index contributed by atoms with van der Waals surface area (Å²) in [5, 5.41) is 23.7. The Morgan fingerprint density at radius 2 is 2.17 bits per heavy atom. The van der Waals surface area contributed by atoms with Crippen LogP contribution in [-0.2, 0) is 4.74 Å². The van der Waals surface area contributed by atoms with E-state index in [0.717, 1.165) is 16.5 Å². The molecule has 9 nitrogen and oxygen atoms in total. The van der Waals surface area contributed by atoms with Crippen molar-refractivity contribution in [3.8, 4) is 10.6 Å². The lowest BCUT2D eigenvalue weighted by Gasteiger charge is -2.08. The summed E-state index contributed by atoms with van der Waals surface area (Å²) < 4.78 is 5.11. The molecule has 1 aromatic carbocycles. The summed E-state index contributed by atoms with van der Waals surface area (Å²) in [6.45, 7) is 4.27. The Labute approximate surface area is 180 Å². The Morgan fingerprint density at radius 1 is 1.30 bits per heavy atom. The van der Waals surface area contributed by atoms with Crippen LogP contribution in [-0.4, -0.2) is 38.1 Å². The largest absolute Gasteiger partial charge is 0.449 e. The molecule has 0 radical (unpaired) electrons. The fraction of sp³-hybridized carbons (Fsp3) is 0.211. The summed E-state index contributed by atoms with van der Waals surface area (Å²) in [7, 11) is 0. The van der Waals surface area contributed by atoms with Crippen LogP contribution in [0.3, 0.4) is 0 Å². The number of carbonyl (C=O) groups excluding carboxylic acids is 1. The number of carbonyl (C=O) groups is 1. The Morgan fingerprint density at radius 3 is 3.00 bits per heavy atom. The van der Waals surface area contributed by atoms with Crippen LogP contribution in [0.2, 0.25) is 5.02 Å². The quantitative estimate of drug-likeness (QED) is 0.380. The Kier molecular flexibility index (Phi) is 5.77. The molecule has 0 fully saturated rings. The van der Waals surface area contributed by atoms with Crippen LogP contribution in [0.4, 0.5) is 21.4 Å². The number of H-pyrrole nitrogens is 1. The van der Waals surface area contributed by atoms with E-state index in [4.69, 9.17) is 16.3 Å². The summed E-state index contributed by atoms with van der Waals surface area (Å²) in [5.74, 6) is 0.629. The van der Waals surface area contributed by atoms with E-state index in [-0.39, 0.29) is 5.92 Å². The SMILES string of the molecule is CC(C)COC(=O)Nc1cc(-c2nnc(Nc3ccc4[nH]ncc4c3Cl)s2)ccn1. The van der Waals surface area contributed by atoms with Gasteiger partial charge < -0.3 is 10.1 Å². The molecule has 30 heavy (non-hydrogen) atoms. The first-order valence-electron chi connectivity index (χ1n) is 9.12. The van der Waals surface area contributed by atoms with E-state index in [1.165, 1.54) is 11.3 Å². The molecule has 0 unspecified atom stereocenters. The molecule has 11 heteroatoms. The zero-order chi connectivity index (χ0) is 21.1. The summed E-state index contributed by atoms with van der Waals surface area (Å²) >= 11 is 7.80. The maximum atomic E-state index is 11.8. The number of hydrogen-bond donors (Lipinski definition) is 3. The third-order valence-electron chi connectivity index (χ3n) is 4.01. The first kappa shape index (κ1) is 20.0. The van der Waals surface area contributed by atoms with E-state index in [1.807, 2.05) is 26.0 Å². The van der Waals surface area contributed by atoms with E-state index in [1.54, 1.807) is 24.5 Å². The average molecular weight is 444 g/mol. The third kappa shape index (κ3) is 4.50. The minimum Gasteiger partial charge on any atom is -0.449 e. The van der Waals surface area contributed by atoms with Gasteiger partial charge in [-0.05, 0) is 30.2 Å². The van der Waals surface area contributed by atoms with E-state index in [9.17, 15) is 4.79 Å². The topological polar surface area (TPSA) is 118 Å². The zero-order valence-corrected chi connectivity index (χ0v) is 17.7. The van der Waals surface area contributed by atoms with Gasteiger partial charge in [0.2, 0.25) is 5.13 Å². The van der Waals surface area contributed by atoms with Crippen molar-refractivity contribution in [2.45, 2.75) is 13.8 Å². The van der Waals surface area contributed by atoms with Gasteiger partial charge in [0.25, 0.3) is 0 Å². The van der Waals surface area contributed by atoms with Crippen molar-refractivity contribution in [1.29, 1.82) is 0 Å². The number of rotatable bonds is 6. The Bertz CT molecular complexity index is 1190. The summed E-state index contributed by atoms with van der Waals surface area (Å²) in [6.07, 6.45) is 2.72. The molecular formula is C19H18ClN7O2S. The molecule has 0 aliphatic carbocycles. The molecule has 0 saturated heterocycles. The van der Waals surface area contributed by atoms with Gasteiger partial charge in [0.1, 0.15) is 10.8 Å². The van der Waals surface area contributed by atoms with Crippen molar-refractivity contribution >= 4 is 56.6 Å².